The third-order valence-corrected chi connectivity index (χ3v) is 5.76. The molecule has 0 aliphatic carbocycles. The van der Waals surface area contributed by atoms with Gasteiger partial charge in [-0.3, -0.25) is 9.48 Å². The number of carbonyl (C=O) groups is 1. The van der Waals surface area contributed by atoms with Gasteiger partial charge in [-0.2, -0.15) is 5.10 Å². The summed E-state index contributed by atoms with van der Waals surface area (Å²) >= 11 is 0. The number of hydrogen-bond acceptors (Lipinski definition) is 6. The number of nitrogens with zero attached hydrogens (tertiary/aromatic N) is 6. The van der Waals surface area contributed by atoms with Crippen molar-refractivity contribution in [3.05, 3.63) is 54.6 Å². The van der Waals surface area contributed by atoms with E-state index in [0.717, 1.165) is 42.0 Å². The van der Waals surface area contributed by atoms with E-state index in [4.69, 9.17) is 9.72 Å². The first-order valence-corrected chi connectivity index (χ1v) is 11.5. The van der Waals surface area contributed by atoms with Gasteiger partial charge in [0.05, 0.1) is 11.8 Å². The van der Waals surface area contributed by atoms with Crippen molar-refractivity contribution in [3.63, 3.8) is 0 Å². The molecule has 3 aromatic rings. The number of hydrogen-bond donors (Lipinski definition) is 0. The summed E-state index contributed by atoms with van der Waals surface area (Å²) in [4.78, 5) is 26.3. The van der Waals surface area contributed by atoms with Crippen molar-refractivity contribution in [1.29, 1.82) is 0 Å². The van der Waals surface area contributed by atoms with Crippen molar-refractivity contribution >= 4 is 11.9 Å². The second kappa shape index (κ2) is 10.0. The Bertz CT molecular complexity index is 1060. The van der Waals surface area contributed by atoms with Crippen LogP contribution in [-0.4, -0.2) is 63.8 Å². The van der Waals surface area contributed by atoms with Gasteiger partial charge in [-0.05, 0) is 50.5 Å². The topological polar surface area (TPSA) is 76.4 Å². The van der Waals surface area contributed by atoms with E-state index in [9.17, 15) is 4.79 Å². The molecule has 1 unspecified atom stereocenters. The zero-order chi connectivity index (χ0) is 23.4. The molecule has 1 aliphatic heterocycles. The zero-order valence-corrected chi connectivity index (χ0v) is 19.8. The molecule has 0 radical (unpaired) electrons. The molecular weight excluding hydrogens is 416 g/mol. The van der Waals surface area contributed by atoms with Crippen LogP contribution in [0, 0.1) is 0 Å². The number of carbonyl (C=O) groups excluding carboxylic acids is 1. The molecule has 1 atom stereocenters. The van der Waals surface area contributed by atoms with Crippen molar-refractivity contribution in [1.82, 2.24) is 24.6 Å². The maximum absolute atomic E-state index is 12.9. The van der Waals surface area contributed by atoms with Crippen molar-refractivity contribution in [3.8, 4) is 16.9 Å². The van der Waals surface area contributed by atoms with Crippen LogP contribution in [0.4, 0.5) is 5.95 Å². The van der Waals surface area contributed by atoms with Gasteiger partial charge >= 0.3 is 0 Å². The molecule has 1 aromatic carbocycles. The van der Waals surface area contributed by atoms with Crippen LogP contribution in [-0.2, 0) is 11.3 Å². The van der Waals surface area contributed by atoms with E-state index in [2.05, 4.69) is 22.2 Å². The van der Waals surface area contributed by atoms with Crippen molar-refractivity contribution < 1.29 is 9.53 Å². The number of aromatic nitrogens is 4. The third kappa shape index (κ3) is 5.50. The highest BCUT2D eigenvalue weighted by atomic mass is 16.5. The summed E-state index contributed by atoms with van der Waals surface area (Å²) in [5.41, 5.74) is 3.04. The van der Waals surface area contributed by atoms with Crippen LogP contribution in [0.1, 0.15) is 38.3 Å². The fraction of sp³-hybridized carbons (Fsp3) is 0.440. The standard InChI is InChI=1S/C25H32N6O2/c1-18(2)33-21-10-8-19(9-11-21)22-15-26-25(29(3)4)28-24(22)20-7-5-13-30(16-20)23(32)17-31-14-6-12-27-31/h6,8-12,14-15,18,20H,5,7,13,16-17H2,1-4H3. The molecule has 0 bridgehead atoms. The van der Waals surface area contributed by atoms with Crippen molar-refractivity contribution in [2.75, 3.05) is 32.1 Å². The molecule has 1 aliphatic rings. The molecule has 0 saturated carbocycles. The summed E-state index contributed by atoms with van der Waals surface area (Å²) in [7, 11) is 3.88. The predicted octanol–water partition coefficient (Wildman–Crippen LogP) is 3.60. The Morgan fingerprint density at radius 2 is 2.03 bits per heavy atom. The Kier molecular flexibility index (Phi) is 6.91. The number of amides is 1. The first-order chi connectivity index (χ1) is 15.9. The second-order valence-corrected chi connectivity index (χ2v) is 8.94. The van der Waals surface area contributed by atoms with E-state index in [1.54, 1.807) is 10.9 Å². The van der Waals surface area contributed by atoms with E-state index in [0.29, 0.717) is 12.5 Å². The van der Waals surface area contributed by atoms with Gasteiger partial charge in [0, 0.05) is 57.3 Å². The van der Waals surface area contributed by atoms with Crippen molar-refractivity contribution in [2.45, 2.75) is 45.3 Å². The van der Waals surface area contributed by atoms with Crippen LogP contribution >= 0.6 is 0 Å². The monoisotopic (exact) mass is 448 g/mol. The van der Waals surface area contributed by atoms with Crippen LogP contribution in [0.5, 0.6) is 5.75 Å². The van der Waals surface area contributed by atoms with E-state index in [1.165, 1.54) is 0 Å². The summed E-state index contributed by atoms with van der Waals surface area (Å²) in [5.74, 6) is 1.74. The fourth-order valence-corrected chi connectivity index (χ4v) is 4.18. The molecule has 1 amide bonds. The molecule has 8 nitrogen and oxygen atoms in total. The molecule has 4 rings (SSSR count). The Morgan fingerprint density at radius 3 is 2.70 bits per heavy atom. The third-order valence-electron chi connectivity index (χ3n) is 5.76. The molecule has 174 valence electrons. The highest BCUT2D eigenvalue weighted by molar-refractivity contribution is 5.76. The summed E-state index contributed by atoms with van der Waals surface area (Å²) in [6.07, 6.45) is 7.47. The first-order valence-electron chi connectivity index (χ1n) is 11.5. The number of likely N-dealkylation sites (tertiary alicyclic amines) is 1. The quantitative estimate of drug-likeness (QED) is 0.550. The number of piperidine rings is 1. The number of anilines is 1. The highest BCUT2D eigenvalue weighted by Gasteiger charge is 2.28. The van der Waals surface area contributed by atoms with Gasteiger partial charge in [0.1, 0.15) is 12.3 Å². The Balaban J connectivity index is 1.61. The normalized spacial score (nSPS) is 16.2. The van der Waals surface area contributed by atoms with Gasteiger partial charge < -0.3 is 14.5 Å². The number of benzene rings is 1. The molecule has 1 saturated heterocycles. The van der Waals surface area contributed by atoms with Gasteiger partial charge in [0.25, 0.3) is 0 Å². The smallest absolute Gasteiger partial charge is 0.244 e. The van der Waals surface area contributed by atoms with E-state index in [-0.39, 0.29) is 24.5 Å². The van der Waals surface area contributed by atoms with E-state index < -0.39 is 0 Å². The van der Waals surface area contributed by atoms with E-state index in [1.807, 2.05) is 68.3 Å². The number of rotatable bonds is 7. The molecule has 0 spiro atoms. The minimum absolute atomic E-state index is 0.0852. The average Bonchev–Trinajstić information content (AvgIpc) is 3.32. The van der Waals surface area contributed by atoms with Gasteiger partial charge in [0.2, 0.25) is 11.9 Å². The fourth-order valence-electron chi connectivity index (χ4n) is 4.18. The SMILES string of the molecule is CC(C)Oc1ccc(-c2cnc(N(C)C)nc2C2CCCN(C(=O)Cn3cccn3)C2)cc1. The minimum atomic E-state index is 0.0852. The summed E-state index contributed by atoms with van der Waals surface area (Å²) in [6, 6.07) is 9.91. The van der Waals surface area contributed by atoms with Crippen LogP contribution in [0.3, 0.4) is 0 Å². The summed E-state index contributed by atoms with van der Waals surface area (Å²) in [6.45, 7) is 5.70. The van der Waals surface area contributed by atoms with E-state index >= 15 is 0 Å². The molecule has 2 aromatic heterocycles. The zero-order valence-electron chi connectivity index (χ0n) is 19.8. The highest BCUT2D eigenvalue weighted by Crippen LogP contribution is 2.34. The van der Waals surface area contributed by atoms with Crippen molar-refractivity contribution in [2.24, 2.45) is 0 Å². The lowest BCUT2D eigenvalue weighted by Gasteiger charge is -2.33. The number of ether oxygens (including phenoxy) is 1. The van der Waals surface area contributed by atoms with Crippen LogP contribution in [0.2, 0.25) is 0 Å². The molecule has 1 fully saturated rings. The molecule has 3 heterocycles. The largest absolute Gasteiger partial charge is 0.491 e. The summed E-state index contributed by atoms with van der Waals surface area (Å²) < 4.78 is 7.47. The Morgan fingerprint density at radius 1 is 1.24 bits per heavy atom. The minimum Gasteiger partial charge on any atom is -0.491 e. The lowest BCUT2D eigenvalue weighted by Crippen LogP contribution is -2.41. The molecule has 8 heteroatoms. The van der Waals surface area contributed by atoms with Crippen LogP contribution in [0.25, 0.3) is 11.1 Å². The lowest BCUT2D eigenvalue weighted by molar-refractivity contribution is -0.133. The Labute approximate surface area is 195 Å². The average molecular weight is 449 g/mol. The molecular formula is C25H32N6O2. The summed E-state index contributed by atoms with van der Waals surface area (Å²) in [5, 5.41) is 4.17. The van der Waals surface area contributed by atoms with Gasteiger partial charge in [-0.25, -0.2) is 9.97 Å². The first kappa shape index (κ1) is 22.8. The predicted molar refractivity (Wildman–Crippen MR) is 128 cm³/mol. The lowest BCUT2D eigenvalue weighted by atomic mass is 9.90. The van der Waals surface area contributed by atoms with Gasteiger partial charge in [-0.1, -0.05) is 12.1 Å². The van der Waals surface area contributed by atoms with Crippen LogP contribution < -0.4 is 9.64 Å². The van der Waals surface area contributed by atoms with Gasteiger partial charge in [0.15, 0.2) is 0 Å². The molecule has 0 N–H and O–H groups in total. The second-order valence-electron chi connectivity index (χ2n) is 8.94. The Hall–Kier alpha value is -3.42. The molecule has 33 heavy (non-hydrogen) atoms. The van der Waals surface area contributed by atoms with Crippen LogP contribution in [0.15, 0.2) is 48.9 Å². The van der Waals surface area contributed by atoms with Gasteiger partial charge in [-0.15, -0.1) is 0 Å². The maximum Gasteiger partial charge on any atom is 0.244 e. The maximum atomic E-state index is 12.9.